The summed E-state index contributed by atoms with van der Waals surface area (Å²) in [6.07, 6.45) is 8.40. The van der Waals surface area contributed by atoms with Gasteiger partial charge in [0.15, 0.2) is 0 Å². The molecule has 0 spiro atoms. The molecule has 0 aromatic carbocycles. The number of rotatable bonds is 12. The van der Waals surface area contributed by atoms with Gasteiger partial charge in [-0.05, 0) is 48.3 Å². The van der Waals surface area contributed by atoms with Crippen molar-refractivity contribution < 1.29 is 9.59 Å². The van der Waals surface area contributed by atoms with E-state index in [-0.39, 0.29) is 22.8 Å². The average Bonchev–Trinajstić information content (AvgIpc) is 2.49. The Hall–Kier alpha value is -1.24. The molecule has 24 heavy (non-hydrogen) atoms. The van der Waals surface area contributed by atoms with Crippen molar-refractivity contribution in [1.29, 1.82) is 0 Å². The summed E-state index contributed by atoms with van der Waals surface area (Å²) in [7, 11) is 0. The average molecular weight is 337 g/mol. The lowest BCUT2D eigenvalue weighted by Gasteiger charge is -2.34. The molecule has 0 fully saturated rings. The first-order valence-corrected chi connectivity index (χ1v) is 9.18. The van der Waals surface area contributed by atoms with Crippen LogP contribution in [0.3, 0.4) is 0 Å². The van der Waals surface area contributed by atoms with Crippen LogP contribution in [0.5, 0.6) is 0 Å². The number of nitrogens with zero attached hydrogens (tertiary/aromatic N) is 2. The molecule has 0 amide bonds. The highest BCUT2D eigenvalue weighted by molar-refractivity contribution is 5.33. The number of isocyanates is 2. The van der Waals surface area contributed by atoms with Gasteiger partial charge in [-0.2, -0.15) is 0 Å². The molecule has 0 saturated heterocycles. The molecule has 0 aromatic rings. The molecule has 0 bridgehead atoms. The van der Waals surface area contributed by atoms with Gasteiger partial charge in [-0.1, -0.05) is 54.9 Å². The topological polar surface area (TPSA) is 58.9 Å². The summed E-state index contributed by atoms with van der Waals surface area (Å²) in [5.41, 5.74) is 0.204. The van der Waals surface area contributed by atoms with Crippen LogP contribution in [0.4, 0.5) is 0 Å². The van der Waals surface area contributed by atoms with Crippen molar-refractivity contribution >= 4 is 12.2 Å². The van der Waals surface area contributed by atoms with Gasteiger partial charge in [-0.25, -0.2) is 19.6 Å². The van der Waals surface area contributed by atoms with Gasteiger partial charge < -0.3 is 0 Å². The van der Waals surface area contributed by atoms with Crippen LogP contribution < -0.4 is 0 Å². The molecule has 0 radical (unpaired) electrons. The summed E-state index contributed by atoms with van der Waals surface area (Å²) in [5.74, 6) is 0.964. The van der Waals surface area contributed by atoms with E-state index in [0.29, 0.717) is 12.5 Å². The van der Waals surface area contributed by atoms with E-state index in [1.807, 2.05) is 0 Å². The fourth-order valence-electron chi connectivity index (χ4n) is 3.30. The predicted octanol–water partition coefficient (Wildman–Crippen LogP) is 5.32. The maximum Gasteiger partial charge on any atom is 0.235 e. The largest absolute Gasteiger partial charge is 0.235 e. The molecule has 4 nitrogen and oxygen atoms in total. The van der Waals surface area contributed by atoms with Crippen molar-refractivity contribution in [2.75, 3.05) is 6.54 Å². The summed E-state index contributed by atoms with van der Waals surface area (Å²) in [6.45, 7) is 16.0. The number of hydrogen-bond donors (Lipinski definition) is 0. The third kappa shape index (κ3) is 9.15. The van der Waals surface area contributed by atoms with Gasteiger partial charge in [-0.15, -0.1) is 0 Å². The fraction of sp³-hybridized carbons (Fsp3) is 0.900. The second kappa shape index (κ2) is 10.6. The van der Waals surface area contributed by atoms with Gasteiger partial charge in [0.2, 0.25) is 12.2 Å². The third-order valence-electron chi connectivity index (χ3n) is 5.51. The Morgan fingerprint density at radius 3 is 2.12 bits per heavy atom. The molecule has 3 unspecified atom stereocenters. The minimum absolute atomic E-state index is 0.0163. The van der Waals surface area contributed by atoms with Crippen molar-refractivity contribution in [1.82, 2.24) is 0 Å². The molecule has 0 heterocycles. The molecule has 0 aliphatic heterocycles. The lowest BCUT2D eigenvalue weighted by molar-refractivity contribution is 0.187. The van der Waals surface area contributed by atoms with Gasteiger partial charge >= 0.3 is 0 Å². The lowest BCUT2D eigenvalue weighted by Crippen LogP contribution is -2.27. The smallest absolute Gasteiger partial charge is 0.211 e. The molecule has 0 aliphatic rings. The highest BCUT2D eigenvalue weighted by Gasteiger charge is 2.29. The summed E-state index contributed by atoms with van der Waals surface area (Å²) in [6, 6.07) is 0.0163. The molecule has 0 rings (SSSR count). The van der Waals surface area contributed by atoms with Crippen LogP contribution in [0.1, 0.15) is 80.6 Å². The van der Waals surface area contributed by atoms with Gasteiger partial charge in [-0.3, -0.25) is 0 Å². The van der Waals surface area contributed by atoms with E-state index in [9.17, 15) is 9.59 Å². The molecule has 0 N–H and O–H groups in total. The van der Waals surface area contributed by atoms with Gasteiger partial charge in [0, 0.05) is 0 Å². The third-order valence-corrected chi connectivity index (χ3v) is 5.51. The Bertz CT molecular complexity index is 458. The first kappa shape index (κ1) is 22.8. The molecular weight excluding hydrogens is 300 g/mol. The van der Waals surface area contributed by atoms with Crippen LogP contribution in [0.2, 0.25) is 0 Å². The lowest BCUT2D eigenvalue weighted by atomic mass is 9.73. The Labute approximate surface area is 148 Å². The van der Waals surface area contributed by atoms with Gasteiger partial charge in [0.05, 0.1) is 12.6 Å². The zero-order valence-corrected chi connectivity index (χ0v) is 16.7. The zero-order valence-electron chi connectivity index (χ0n) is 16.7. The zero-order chi connectivity index (χ0) is 18.8. The van der Waals surface area contributed by atoms with Crippen LogP contribution in [0.25, 0.3) is 0 Å². The monoisotopic (exact) mass is 336 g/mol. The van der Waals surface area contributed by atoms with E-state index in [1.165, 1.54) is 6.42 Å². The van der Waals surface area contributed by atoms with Gasteiger partial charge in [0.25, 0.3) is 0 Å². The molecule has 138 valence electrons. The minimum Gasteiger partial charge on any atom is -0.211 e. The molecular formula is C20H36N2O2. The Morgan fingerprint density at radius 1 is 1.00 bits per heavy atom. The fourth-order valence-corrected chi connectivity index (χ4v) is 3.30. The van der Waals surface area contributed by atoms with Crippen LogP contribution in [-0.4, -0.2) is 24.7 Å². The number of hydrogen-bond acceptors (Lipinski definition) is 4. The first-order valence-electron chi connectivity index (χ1n) is 9.18. The van der Waals surface area contributed by atoms with Crippen LogP contribution in [-0.2, 0) is 9.59 Å². The van der Waals surface area contributed by atoms with Crippen LogP contribution in [0, 0.1) is 22.7 Å². The van der Waals surface area contributed by atoms with E-state index in [1.54, 1.807) is 12.2 Å². The van der Waals surface area contributed by atoms with E-state index in [4.69, 9.17) is 0 Å². The van der Waals surface area contributed by atoms with Gasteiger partial charge in [0.1, 0.15) is 0 Å². The Kier molecular flexibility index (Phi) is 10.0. The van der Waals surface area contributed by atoms with Crippen molar-refractivity contribution in [3.05, 3.63) is 0 Å². The van der Waals surface area contributed by atoms with Crippen molar-refractivity contribution in [3.8, 4) is 0 Å². The molecule has 0 aromatic heterocycles. The van der Waals surface area contributed by atoms with Crippen LogP contribution in [0.15, 0.2) is 9.98 Å². The number of carbonyl (C=O) groups excluding carboxylic acids is 2. The van der Waals surface area contributed by atoms with Crippen molar-refractivity contribution in [3.63, 3.8) is 0 Å². The molecule has 3 atom stereocenters. The van der Waals surface area contributed by atoms with Crippen molar-refractivity contribution in [2.24, 2.45) is 32.7 Å². The predicted molar refractivity (Wildman–Crippen MR) is 99.5 cm³/mol. The van der Waals surface area contributed by atoms with E-state index in [2.05, 4.69) is 58.5 Å². The maximum atomic E-state index is 10.8. The maximum absolute atomic E-state index is 10.8. The van der Waals surface area contributed by atoms with Crippen molar-refractivity contribution in [2.45, 2.75) is 86.6 Å². The number of aliphatic imine (C=N–C) groups is 2. The van der Waals surface area contributed by atoms with E-state index in [0.717, 1.165) is 25.7 Å². The summed E-state index contributed by atoms with van der Waals surface area (Å²) in [4.78, 5) is 28.9. The Balaban J connectivity index is 4.79. The second-order valence-corrected chi connectivity index (χ2v) is 8.82. The highest BCUT2D eigenvalue weighted by Crippen LogP contribution is 2.37. The molecule has 0 saturated carbocycles. The Morgan fingerprint density at radius 2 is 1.62 bits per heavy atom. The molecule has 4 heteroatoms. The quantitative estimate of drug-likeness (QED) is 0.357. The van der Waals surface area contributed by atoms with E-state index >= 15 is 0 Å². The molecule has 0 aliphatic carbocycles. The summed E-state index contributed by atoms with van der Waals surface area (Å²) in [5, 5.41) is 0. The SMILES string of the molecule is CCC(C)CC(C)(C)CC(CCC(C)(C)C(C)CN=C=O)N=C=O. The standard InChI is InChI=1S/C20H36N2O2/c1-8-16(2)11-19(4,5)12-18(22-15-24)9-10-20(6,7)17(3)13-21-14-23/h16-18H,8-13H2,1-7H3. The summed E-state index contributed by atoms with van der Waals surface area (Å²) < 4.78 is 0. The normalized spacial score (nSPS) is 15.8. The first-order chi connectivity index (χ1) is 11.1. The minimum atomic E-state index is 0.0163. The summed E-state index contributed by atoms with van der Waals surface area (Å²) >= 11 is 0. The van der Waals surface area contributed by atoms with Crippen LogP contribution >= 0.6 is 0 Å². The second-order valence-electron chi connectivity index (χ2n) is 8.82. The highest BCUT2D eigenvalue weighted by atomic mass is 16.1. The van der Waals surface area contributed by atoms with E-state index < -0.39 is 0 Å².